The second-order valence-corrected chi connectivity index (χ2v) is 3.41. The molecule has 8 nitrogen and oxygen atoms in total. The fourth-order valence-corrected chi connectivity index (χ4v) is 1.69. The molecule has 2 heterocycles. The van der Waals surface area contributed by atoms with Crippen LogP contribution in [0.2, 0.25) is 0 Å². The Kier molecular flexibility index (Phi) is 1.92. The van der Waals surface area contributed by atoms with Gasteiger partial charge in [-0.05, 0) is 6.92 Å². The molecule has 15 heavy (non-hydrogen) atoms. The first-order chi connectivity index (χ1) is 7.00. The maximum atomic E-state index is 11.4. The van der Waals surface area contributed by atoms with Crippen molar-refractivity contribution in [3.63, 3.8) is 0 Å². The van der Waals surface area contributed by atoms with E-state index in [1.165, 1.54) is 6.92 Å². The van der Waals surface area contributed by atoms with E-state index in [1.807, 2.05) is 0 Å². The highest BCUT2D eigenvalue weighted by Crippen LogP contribution is 2.17. The first-order valence-electron chi connectivity index (χ1n) is 4.39. The number of hydrogen-bond acceptors (Lipinski definition) is 3. The molecule has 0 aliphatic carbocycles. The number of carbonyl (C=O) groups excluding carboxylic acids is 2. The second-order valence-electron chi connectivity index (χ2n) is 3.41. The topological polar surface area (TPSA) is 111 Å². The van der Waals surface area contributed by atoms with Crippen LogP contribution in [0, 0.1) is 0 Å². The minimum Gasteiger partial charge on any atom is -0.480 e. The number of hydrogen-bond donors (Lipinski definition) is 4. The Labute approximate surface area is 84.6 Å². The van der Waals surface area contributed by atoms with Crippen LogP contribution in [0.15, 0.2) is 0 Å². The molecular weight excluding hydrogens is 204 g/mol. The zero-order valence-corrected chi connectivity index (χ0v) is 7.85. The highest BCUT2D eigenvalue weighted by molar-refractivity contribution is 5.88. The van der Waals surface area contributed by atoms with Gasteiger partial charge in [0.1, 0.15) is 18.4 Å². The molecule has 0 spiro atoms. The van der Waals surface area contributed by atoms with Gasteiger partial charge < -0.3 is 21.1 Å². The molecule has 2 saturated heterocycles. The average Bonchev–Trinajstić information content (AvgIpc) is 2.58. The summed E-state index contributed by atoms with van der Waals surface area (Å²) in [6.45, 7) is 1.38. The highest BCUT2D eigenvalue weighted by Gasteiger charge is 2.48. The predicted octanol–water partition coefficient (Wildman–Crippen LogP) is -1.55. The number of nitrogens with zero attached hydrogens (tertiary/aromatic N) is 1. The van der Waals surface area contributed by atoms with Gasteiger partial charge in [0.15, 0.2) is 0 Å². The van der Waals surface area contributed by atoms with Gasteiger partial charge in [0.25, 0.3) is 0 Å². The lowest BCUT2D eigenvalue weighted by atomic mass is 10.3. The Morgan fingerprint density at radius 1 is 1.40 bits per heavy atom. The lowest BCUT2D eigenvalue weighted by molar-refractivity contribution is -0.142. The number of urea groups is 2. The quantitative estimate of drug-likeness (QED) is 0.446. The van der Waals surface area contributed by atoms with Crippen LogP contribution in [0.1, 0.15) is 6.92 Å². The van der Waals surface area contributed by atoms with E-state index >= 15 is 0 Å². The minimum absolute atomic E-state index is 0.424. The Balaban J connectivity index is 2.20. The molecule has 2 rings (SSSR count). The summed E-state index contributed by atoms with van der Waals surface area (Å²) in [7, 11) is 0. The number of carboxylic acids is 1. The van der Waals surface area contributed by atoms with Crippen LogP contribution in [0.5, 0.6) is 0 Å². The van der Waals surface area contributed by atoms with Gasteiger partial charge >= 0.3 is 18.0 Å². The van der Waals surface area contributed by atoms with E-state index in [9.17, 15) is 14.4 Å². The van der Waals surface area contributed by atoms with Crippen molar-refractivity contribution in [3.05, 3.63) is 0 Å². The van der Waals surface area contributed by atoms with Gasteiger partial charge in [-0.3, -0.25) is 4.90 Å². The SMILES string of the molecule is C[C@H](C(=O)O)N1C(=O)N[C@H]2NC(=O)N[C@H]21. The van der Waals surface area contributed by atoms with E-state index < -0.39 is 36.4 Å². The van der Waals surface area contributed by atoms with Crippen LogP contribution in [0.25, 0.3) is 0 Å². The van der Waals surface area contributed by atoms with Crippen molar-refractivity contribution in [1.29, 1.82) is 0 Å². The zero-order valence-electron chi connectivity index (χ0n) is 7.85. The Bertz CT molecular complexity index is 344. The van der Waals surface area contributed by atoms with Crippen LogP contribution >= 0.6 is 0 Å². The van der Waals surface area contributed by atoms with Crippen molar-refractivity contribution >= 4 is 18.0 Å². The Morgan fingerprint density at radius 3 is 2.67 bits per heavy atom. The number of rotatable bonds is 2. The molecule has 0 bridgehead atoms. The van der Waals surface area contributed by atoms with Gasteiger partial charge in [-0.1, -0.05) is 0 Å². The van der Waals surface area contributed by atoms with E-state index in [-0.39, 0.29) is 0 Å². The zero-order chi connectivity index (χ0) is 11.2. The van der Waals surface area contributed by atoms with E-state index in [1.54, 1.807) is 0 Å². The van der Waals surface area contributed by atoms with Gasteiger partial charge in [0, 0.05) is 0 Å². The maximum absolute atomic E-state index is 11.4. The third-order valence-corrected chi connectivity index (χ3v) is 2.47. The molecule has 0 unspecified atom stereocenters. The molecule has 0 aromatic heterocycles. The van der Waals surface area contributed by atoms with Crippen molar-refractivity contribution < 1.29 is 19.5 Å². The molecule has 4 amide bonds. The molecule has 8 heteroatoms. The number of fused-ring (bicyclic) bond motifs is 1. The number of carbonyl (C=O) groups is 3. The van der Waals surface area contributed by atoms with Crippen molar-refractivity contribution in [3.8, 4) is 0 Å². The van der Waals surface area contributed by atoms with Crippen molar-refractivity contribution in [1.82, 2.24) is 20.9 Å². The molecule has 2 fully saturated rings. The molecule has 4 N–H and O–H groups in total. The molecule has 3 atom stereocenters. The molecule has 0 saturated carbocycles. The summed E-state index contributed by atoms with van der Waals surface area (Å²) in [5.74, 6) is -1.12. The van der Waals surface area contributed by atoms with Gasteiger partial charge in [-0.25, -0.2) is 14.4 Å². The first kappa shape index (κ1) is 9.56. The summed E-state index contributed by atoms with van der Waals surface area (Å²) in [5.41, 5.74) is 0. The smallest absolute Gasteiger partial charge is 0.326 e. The lowest BCUT2D eigenvalue weighted by Gasteiger charge is -2.24. The summed E-state index contributed by atoms with van der Waals surface area (Å²) in [4.78, 5) is 34.2. The van der Waals surface area contributed by atoms with Crippen LogP contribution < -0.4 is 16.0 Å². The highest BCUT2D eigenvalue weighted by atomic mass is 16.4. The van der Waals surface area contributed by atoms with Crippen molar-refractivity contribution in [2.24, 2.45) is 0 Å². The van der Waals surface area contributed by atoms with E-state index in [2.05, 4.69) is 16.0 Å². The lowest BCUT2D eigenvalue weighted by Crippen LogP contribution is -2.50. The van der Waals surface area contributed by atoms with Crippen molar-refractivity contribution in [2.75, 3.05) is 0 Å². The Morgan fingerprint density at radius 2 is 2.07 bits per heavy atom. The largest absolute Gasteiger partial charge is 0.480 e. The first-order valence-corrected chi connectivity index (χ1v) is 4.39. The summed E-state index contributed by atoms with van der Waals surface area (Å²) in [6.07, 6.45) is -1.21. The number of amides is 4. The summed E-state index contributed by atoms with van der Waals surface area (Å²) < 4.78 is 0. The molecule has 0 radical (unpaired) electrons. The van der Waals surface area contributed by atoms with Crippen LogP contribution in [-0.2, 0) is 4.79 Å². The number of carboxylic acid groups (broad SMARTS) is 1. The van der Waals surface area contributed by atoms with Gasteiger partial charge in [0.05, 0.1) is 0 Å². The Hall–Kier alpha value is -1.99. The van der Waals surface area contributed by atoms with Gasteiger partial charge in [-0.2, -0.15) is 0 Å². The summed E-state index contributed by atoms with van der Waals surface area (Å²) in [6, 6.07) is -1.92. The number of aliphatic carboxylic acids is 1. The van der Waals surface area contributed by atoms with E-state index in [0.717, 1.165) is 4.90 Å². The molecular formula is C7H10N4O4. The molecule has 2 aliphatic heterocycles. The second kappa shape index (κ2) is 3.01. The van der Waals surface area contributed by atoms with Crippen LogP contribution in [-0.4, -0.2) is 46.4 Å². The van der Waals surface area contributed by atoms with Gasteiger partial charge in [-0.15, -0.1) is 0 Å². The third-order valence-electron chi connectivity index (χ3n) is 2.47. The van der Waals surface area contributed by atoms with Crippen LogP contribution in [0.4, 0.5) is 9.59 Å². The molecule has 82 valence electrons. The molecule has 0 aromatic carbocycles. The minimum atomic E-state index is -1.12. The van der Waals surface area contributed by atoms with Crippen LogP contribution in [0.3, 0.4) is 0 Å². The maximum Gasteiger partial charge on any atom is 0.326 e. The third kappa shape index (κ3) is 1.34. The molecule has 0 aromatic rings. The van der Waals surface area contributed by atoms with Crippen molar-refractivity contribution in [2.45, 2.75) is 25.3 Å². The fraction of sp³-hybridized carbons (Fsp3) is 0.571. The standard InChI is InChI=1S/C7H10N4O4/c1-2(5(12)13)11-4-3(9-7(11)15)8-6(14)10-4/h2-4H,1H3,(H,9,15)(H,12,13)(H2,8,10,14)/t2-,3-,4+/m1/s1. The molecule has 2 aliphatic rings. The fourth-order valence-electron chi connectivity index (χ4n) is 1.69. The predicted molar refractivity (Wildman–Crippen MR) is 46.7 cm³/mol. The monoisotopic (exact) mass is 214 g/mol. The average molecular weight is 214 g/mol. The van der Waals surface area contributed by atoms with E-state index in [4.69, 9.17) is 5.11 Å². The van der Waals surface area contributed by atoms with E-state index in [0.29, 0.717) is 0 Å². The number of nitrogens with one attached hydrogen (secondary N) is 3. The van der Waals surface area contributed by atoms with Gasteiger partial charge in [0.2, 0.25) is 0 Å². The normalized spacial score (nSPS) is 30.3. The summed E-state index contributed by atoms with van der Waals surface area (Å²) in [5, 5.41) is 16.2. The summed E-state index contributed by atoms with van der Waals surface area (Å²) >= 11 is 0.